The molecular formula is C21H26N4O6. The summed E-state index contributed by atoms with van der Waals surface area (Å²) in [4.78, 5) is 40.6. The number of rotatable bonds is 5. The fraction of sp³-hybridized carbons (Fsp3) is 0.429. The lowest BCUT2D eigenvalue weighted by molar-refractivity contribution is 0.0599. The largest absolute Gasteiger partial charge is 0.465 e. The van der Waals surface area contributed by atoms with Gasteiger partial charge in [0.1, 0.15) is 5.76 Å². The number of hydrogen-bond acceptors (Lipinski definition) is 8. The van der Waals surface area contributed by atoms with Crippen LogP contribution >= 0.6 is 0 Å². The van der Waals surface area contributed by atoms with Gasteiger partial charge in [-0.05, 0) is 31.5 Å². The second-order valence-electron chi connectivity index (χ2n) is 7.26. The minimum atomic E-state index is -0.616. The van der Waals surface area contributed by atoms with Crippen molar-refractivity contribution in [2.45, 2.75) is 19.9 Å². The molecule has 10 heteroatoms. The molecule has 0 atom stereocenters. The molecule has 10 nitrogen and oxygen atoms in total. The number of amides is 2. The second-order valence-corrected chi connectivity index (χ2v) is 7.26. The lowest BCUT2D eigenvalue weighted by Crippen LogP contribution is -2.38. The first-order valence-electron chi connectivity index (χ1n) is 9.92. The molecule has 2 aromatic rings. The van der Waals surface area contributed by atoms with Gasteiger partial charge in [0.15, 0.2) is 0 Å². The molecule has 1 aliphatic rings. The molecule has 0 radical (unpaired) electrons. The van der Waals surface area contributed by atoms with E-state index in [-0.39, 0.29) is 17.2 Å². The SMILES string of the molecule is COC(=O)c1cc(NC(=O)N2CCCN(Cc3cc(C)on3)CC2)cc(C(=O)OC)c1. The van der Waals surface area contributed by atoms with Crippen LogP contribution in [-0.4, -0.2) is 73.3 Å². The van der Waals surface area contributed by atoms with Crippen LogP contribution in [0.3, 0.4) is 0 Å². The minimum absolute atomic E-state index is 0.144. The van der Waals surface area contributed by atoms with E-state index in [1.54, 1.807) is 4.90 Å². The topological polar surface area (TPSA) is 114 Å². The van der Waals surface area contributed by atoms with E-state index in [0.717, 1.165) is 24.4 Å². The number of aromatic nitrogens is 1. The summed E-state index contributed by atoms with van der Waals surface area (Å²) in [7, 11) is 2.49. The highest BCUT2D eigenvalue weighted by Crippen LogP contribution is 2.18. The molecule has 1 fully saturated rings. The highest BCUT2D eigenvalue weighted by Gasteiger charge is 2.21. The van der Waals surface area contributed by atoms with Crippen molar-refractivity contribution in [3.05, 3.63) is 46.8 Å². The molecule has 0 aliphatic carbocycles. The number of benzene rings is 1. The fourth-order valence-electron chi connectivity index (χ4n) is 3.43. The van der Waals surface area contributed by atoms with Gasteiger partial charge >= 0.3 is 18.0 Å². The van der Waals surface area contributed by atoms with Crippen LogP contribution in [0.25, 0.3) is 0 Å². The molecule has 1 N–H and O–H groups in total. The molecule has 1 saturated heterocycles. The number of methoxy groups -OCH3 is 2. The summed E-state index contributed by atoms with van der Waals surface area (Å²) in [5.41, 5.74) is 1.47. The van der Waals surface area contributed by atoms with Crippen molar-refractivity contribution in [2.24, 2.45) is 0 Å². The van der Waals surface area contributed by atoms with Crippen molar-refractivity contribution < 1.29 is 28.4 Å². The number of carbonyl (C=O) groups is 3. The lowest BCUT2D eigenvalue weighted by Gasteiger charge is -2.22. The van der Waals surface area contributed by atoms with Gasteiger partial charge in [-0.1, -0.05) is 5.16 Å². The molecule has 1 aliphatic heterocycles. The Balaban J connectivity index is 1.66. The third kappa shape index (κ3) is 5.82. The number of esters is 2. The predicted molar refractivity (Wildman–Crippen MR) is 111 cm³/mol. The Morgan fingerprint density at radius 3 is 2.26 bits per heavy atom. The van der Waals surface area contributed by atoms with Gasteiger partial charge in [0.05, 0.1) is 31.0 Å². The Morgan fingerprint density at radius 2 is 1.68 bits per heavy atom. The molecule has 31 heavy (non-hydrogen) atoms. The van der Waals surface area contributed by atoms with Crippen LogP contribution in [0.15, 0.2) is 28.8 Å². The van der Waals surface area contributed by atoms with E-state index in [9.17, 15) is 14.4 Å². The molecular weight excluding hydrogens is 404 g/mol. The van der Waals surface area contributed by atoms with Gasteiger partial charge in [-0.25, -0.2) is 14.4 Å². The lowest BCUT2D eigenvalue weighted by atomic mass is 10.1. The Bertz CT molecular complexity index is 923. The van der Waals surface area contributed by atoms with Crippen molar-refractivity contribution >= 4 is 23.7 Å². The van der Waals surface area contributed by atoms with Crippen molar-refractivity contribution in [3.63, 3.8) is 0 Å². The molecule has 3 rings (SSSR count). The smallest absolute Gasteiger partial charge is 0.337 e. The van der Waals surface area contributed by atoms with Gasteiger partial charge < -0.3 is 24.2 Å². The van der Waals surface area contributed by atoms with Gasteiger partial charge in [-0.2, -0.15) is 0 Å². The molecule has 0 spiro atoms. The molecule has 166 valence electrons. The van der Waals surface area contributed by atoms with Gasteiger partial charge in [0.2, 0.25) is 0 Å². The number of nitrogens with zero attached hydrogens (tertiary/aromatic N) is 3. The maximum absolute atomic E-state index is 12.8. The number of nitrogens with one attached hydrogen (secondary N) is 1. The summed E-state index contributed by atoms with van der Waals surface area (Å²) in [6, 6.07) is 5.89. The van der Waals surface area contributed by atoms with Gasteiger partial charge in [0.25, 0.3) is 0 Å². The zero-order valence-corrected chi connectivity index (χ0v) is 17.8. The first-order chi connectivity index (χ1) is 14.9. The van der Waals surface area contributed by atoms with Crippen LogP contribution in [0.2, 0.25) is 0 Å². The Hall–Kier alpha value is -3.40. The number of anilines is 1. The summed E-state index contributed by atoms with van der Waals surface area (Å²) in [6.45, 7) is 5.15. The standard InChI is InChI=1S/C21H26N4O6/c1-14-9-18(23-31-14)13-24-5-4-6-25(8-7-24)21(28)22-17-11-15(19(26)29-2)10-16(12-17)20(27)30-3/h9-12H,4-8,13H2,1-3H3,(H,22,28). The number of urea groups is 1. The fourth-order valence-corrected chi connectivity index (χ4v) is 3.43. The van der Waals surface area contributed by atoms with Gasteiger partial charge in [-0.15, -0.1) is 0 Å². The van der Waals surface area contributed by atoms with Crippen molar-refractivity contribution in [1.82, 2.24) is 15.0 Å². The van der Waals surface area contributed by atoms with Crippen LogP contribution in [0.5, 0.6) is 0 Å². The normalized spacial score (nSPS) is 14.6. The molecule has 0 saturated carbocycles. The molecule has 2 amide bonds. The molecule has 0 bridgehead atoms. The predicted octanol–water partition coefficient (Wildman–Crippen LogP) is 2.30. The first-order valence-corrected chi connectivity index (χ1v) is 9.92. The van der Waals surface area contributed by atoms with E-state index in [1.807, 2.05) is 13.0 Å². The Labute approximate surface area is 180 Å². The second kappa shape index (κ2) is 10.1. The van der Waals surface area contributed by atoms with E-state index in [4.69, 9.17) is 14.0 Å². The third-order valence-corrected chi connectivity index (χ3v) is 4.96. The van der Waals surface area contributed by atoms with Crippen molar-refractivity contribution in [1.29, 1.82) is 0 Å². The molecule has 0 unspecified atom stereocenters. The van der Waals surface area contributed by atoms with E-state index >= 15 is 0 Å². The number of hydrogen-bond donors (Lipinski definition) is 1. The third-order valence-electron chi connectivity index (χ3n) is 4.96. The van der Waals surface area contributed by atoms with E-state index < -0.39 is 11.9 Å². The molecule has 1 aromatic carbocycles. The Kier molecular flexibility index (Phi) is 7.24. The van der Waals surface area contributed by atoms with Crippen LogP contribution < -0.4 is 5.32 Å². The van der Waals surface area contributed by atoms with Crippen LogP contribution in [0, 0.1) is 6.92 Å². The number of aryl methyl sites for hydroxylation is 1. The maximum atomic E-state index is 12.8. The monoisotopic (exact) mass is 430 g/mol. The highest BCUT2D eigenvalue weighted by molar-refractivity contribution is 5.99. The summed E-state index contributed by atoms with van der Waals surface area (Å²) >= 11 is 0. The van der Waals surface area contributed by atoms with Crippen LogP contribution in [0.4, 0.5) is 10.5 Å². The molecule has 1 aromatic heterocycles. The van der Waals surface area contributed by atoms with Crippen LogP contribution in [-0.2, 0) is 16.0 Å². The van der Waals surface area contributed by atoms with E-state index in [1.165, 1.54) is 32.4 Å². The van der Waals surface area contributed by atoms with E-state index in [0.29, 0.717) is 31.9 Å². The summed E-state index contributed by atoms with van der Waals surface area (Å²) in [6.07, 6.45) is 0.805. The van der Waals surface area contributed by atoms with Crippen molar-refractivity contribution in [3.8, 4) is 0 Å². The summed E-state index contributed by atoms with van der Waals surface area (Å²) in [5, 5.41) is 6.80. The summed E-state index contributed by atoms with van der Waals surface area (Å²) < 4.78 is 14.6. The maximum Gasteiger partial charge on any atom is 0.337 e. The number of ether oxygens (including phenoxy) is 2. The zero-order chi connectivity index (χ0) is 22.4. The number of carbonyl (C=O) groups excluding carboxylic acids is 3. The minimum Gasteiger partial charge on any atom is -0.465 e. The Morgan fingerprint density at radius 1 is 1.00 bits per heavy atom. The first kappa shape index (κ1) is 22.3. The average molecular weight is 430 g/mol. The van der Waals surface area contributed by atoms with Crippen molar-refractivity contribution in [2.75, 3.05) is 45.7 Å². The summed E-state index contributed by atoms with van der Waals surface area (Å²) in [5.74, 6) is -0.462. The van der Waals surface area contributed by atoms with Gasteiger partial charge in [0, 0.05) is 44.5 Å². The highest BCUT2D eigenvalue weighted by atomic mass is 16.5. The zero-order valence-electron chi connectivity index (χ0n) is 17.8. The quantitative estimate of drug-likeness (QED) is 0.719. The average Bonchev–Trinajstić information content (AvgIpc) is 3.03. The van der Waals surface area contributed by atoms with Gasteiger partial charge in [-0.3, -0.25) is 4.90 Å². The van der Waals surface area contributed by atoms with E-state index in [2.05, 4.69) is 15.4 Å². The van der Waals surface area contributed by atoms with Crippen LogP contribution in [0.1, 0.15) is 38.6 Å². The molecule has 2 heterocycles.